The van der Waals surface area contributed by atoms with Crippen LogP contribution < -0.4 is 22.1 Å². The van der Waals surface area contributed by atoms with E-state index in [1.54, 1.807) is 0 Å². The van der Waals surface area contributed by atoms with E-state index in [1.807, 2.05) is 0 Å². The molecule has 0 saturated carbocycles. The fourth-order valence-electron chi connectivity index (χ4n) is 3.38. The molecule has 8 N–H and O–H groups in total. The third-order valence-electron chi connectivity index (χ3n) is 4.93. The molecule has 1 fully saturated rings. The summed E-state index contributed by atoms with van der Waals surface area (Å²) in [6.45, 7) is -0.120. The molecule has 4 amide bonds. The molecule has 1 aliphatic heterocycles. The molecule has 1 aromatic rings. The zero-order valence-corrected chi connectivity index (χ0v) is 16.9. The smallest absolute Gasteiger partial charge is 0.326 e. The van der Waals surface area contributed by atoms with E-state index in [0.717, 1.165) is 0 Å². The quantitative estimate of drug-likeness (QED) is 0.212. The van der Waals surface area contributed by atoms with Gasteiger partial charge in [0, 0.05) is 31.3 Å². The summed E-state index contributed by atoms with van der Waals surface area (Å²) in [6.07, 6.45) is 3.51. The van der Waals surface area contributed by atoms with Gasteiger partial charge in [0.1, 0.15) is 18.1 Å². The number of carbonyl (C=O) groups is 5. The summed E-state index contributed by atoms with van der Waals surface area (Å²) in [6, 6.07) is -3.23. The van der Waals surface area contributed by atoms with E-state index in [4.69, 9.17) is 11.5 Å². The number of aromatic nitrogens is 2. The van der Waals surface area contributed by atoms with Gasteiger partial charge in [-0.2, -0.15) is 0 Å². The van der Waals surface area contributed by atoms with Crippen molar-refractivity contribution in [2.24, 2.45) is 11.5 Å². The maximum atomic E-state index is 13.1. The van der Waals surface area contributed by atoms with Crippen LogP contribution in [-0.2, 0) is 30.4 Å². The topological polar surface area (TPSA) is 214 Å². The number of carboxylic acids is 1. The molecule has 1 saturated heterocycles. The number of carbonyl (C=O) groups excluding carboxylic acids is 4. The van der Waals surface area contributed by atoms with E-state index in [1.165, 1.54) is 17.4 Å². The number of aliphatic carboxylic acids is 1. The Hall–Kier alpha value is -3.48. The molecule has 3 unspecified atom stereocenters. The van der Waals surface area contributed by atoms with Crippen LogP contribution in [0.15, 0.2) is 12.5 Å². The molecule has 2 rings (SSSR count). The van der Waals surface area contributed by atoms with Crippen molar-refractivity contribution in [3.8, 4) is 0 Å². The van der Waals surface area contributed by atoms with Gasteiger partial charge in [0.15, 0.2) is 0 Å². The zero-order valence-electron chi connectivity index (χ0n) is 16.9. The van der Waals surface area contributed by atoms with Gasteiger partial charge in [0.05, 0.1) is 12.9 Å². The number of aromatic amines is 1. The molecule has 1 aromatic heterocycles. The predicted octanol–water partition coefficient (Wildman–Crippen LogP) is -2.78. The molecule has 2 heterocycles. The molecular weight excluding hydrogens is 410 g/mol. The number of hydrogen-bond acceptors (Lipinski definition) is 7. The van der Waals surface area contributed by atoms with E-state index in [2.05, 4.69) is 20.6 Å². The van der Waals surface area contributed by atoms with Gasteiger partial charge in [-0.05, 0) is 19.3 Å². The van der Waals surface area contributed by atoms with Crippen molar-refractivity contribution in [1.82, 2.24) is 25.5 Å². The minimum absolute atomic E-state index is 0.0286. The first-order valence-electron chi connectivity index (χ1n) is 9.81. The first-order chi connectivity index (χ1) is 14.7. The van der Waals surface area contributed by atoms with Gasteiger partial charge in [-0.15, -0.1) is 0 Å². The van der Waals surface area contributed by atoms with Crippen LogP contribution >= 0.6 is 0 Å². The SMILES string of the molecule is NCC(=O)NC(CCC(N)=O)C(=O)NC(Cc1cnc[nH]1)C(=O)N1CCCC1C(=O)O. The van der Waals surface area contributed by atoms with E-state index >= 15 is 0 Å². The molecule has 170 valence electrons. The number of carboxylic acid groups (broad SMARTS) is 1. The fraction of sp³-hybridized carbons (Fsp3) is 0.556. The number of imidazole rings is 1. The maximum Gasteiger partial charge on any atom is 0.326 e. The molecule has 3 atom stereocenters. The van der Waals surface area contributed by atoms with Crippen molar-refractivity contribution in [2.75, 3.05) is 13.1 Å². The minimum Gasteiger partial charge on any atom is -0.480 e. The zero-order chi connectivity index (χ0) is 23.0. The fourth-order valence-corrected chi connectivity index (χ4v) is 3.38. The van der Waals surface area contributed by atoms with Crippen LogP contribution in [0.1, 0.15) is 31.4 Å². The van der Waals surface area contributed by atoms with Gasteiger partial charge in [-0.3, -0.25) is 19.2 Å². The molecule has 0 spiro atoms. The molecule has 0 radical (unpaired) electrons. The first-order valence-corrected chi connectivity index (χ1v) is 9.81. The number of rotatable bonds is 11. The van der Waals surface area contributed by atoms with Crippen LogP contribution in [0.3, 0.4) is 0 Å². The lowest BCUT2D eigenvalue weighted by Crippen LogP contribution is -2.57. The van der Waals surface area contributed by atoms with Crippen LogP contribution in [0, 0.1) is 0 Å². The monoisotopic (exact) mass is 437 g/mol. The van der Waals surface area contributed by atoms with Crippen molar-refractivity contribution >= 4 is 29.6 Å². The largest absolute Gasteiger partial charge is 0.480 e. The van der Waals surface area contributed by atoms with Gasteiger partial charge in [0.2, 0.25) is 23.6 Å². The van der Waals surface area contributed by atoms with Crippen molar-refractivity contribution in [3.63, 3.8) is 0 Å². The molecule has 0 aliphatic carbocycles. The molecule has 0 aromatic carbocycles. The highest BCUT2D eigenvalue weighted by molar-refractivity contribution is 5.94. The van der Waals surface area contributed by atoms with Crippen LogP contribution in [0.25, 0.3) is 0 Å². The van der Waals surface area contributed by atoms with Crippen molar-refractivity contribution in [1.29, 1.82) is 0 Å². The Morgan fingerprint density at radius 2 is 2.00 bits per heavy atom. The summed E-state index contributed by atoms with van der Waals surface area (Å²) < 4.78 is 0. The summed E-state index contributed by atoms with van der Waals surface area (Å²) in [5.74, 6) is -3.68. The Balaban J connectivity index is 2.20. The molecular formula is C18H27N7O6. The van der Waals surface area contributed by atoms with E-state index < -0.39 is 47.7 Å². The number of likely N-dealkylation sites (tertiary alicyclic amines) is 1. The number of nitrogens with zero attached hydrogens (tertiary/aromatic N) is 2. The summed E-state index contributed by atoms with van der Waals surface area (Å²) in [4.78, 5) is 68.2. The second kappa shape index (κ2) is 11.1. The van der Waals surface area contributed by atoms with Gasteiger partial charge < -0.3 is 37.1 Å². The second-order valence-corrected chi connectivity index (χ2v) is 7.20. The third-order valence-corrected chi connectivity index (χ3v) is 4.93. The highest BCUT2D eigenvalue weighted by Gasteiger charge is 2.38. The lowest BCUT2D eigenvalue weighted by atomic mass is 10.1. The Morgan fingerprint density at radius 1 is 1.26 bits per heavy atom. The van der Waals surface area contributed by atoms with Crippen LogP contribution in [0.4, 0.5) is 0 Å². The van der Waals surface area contributed by atoms with Gasteiger partial charge in [-0.1, -0.05) is 0 Å². The molecule has 31 heavy (non-hydrogen) atoms. The van der Waals surface area contributed by atoms with E-state index in [9.17, 15) is 29.1 Å². The van der Waals surface area contributed by atoms with Crippen LogP contribution in [-0.4, -0.2) is 80.8 Å². The Labute approximate surface area is 177 Å². The van der Waals surface area contributed by atoms with Gasteiger partial charge in [-0.25, -0.2) is 9.78 Å². The molecule has 13 nitrogen and oxygen atoms in total. The first kappa shape index (κ1) is 23.8. The van der Waals surface area contributed by atoms with E-state index in [-0.39, 0.29) is 32.4 Å². The van der Waals surface area contributed by atoms with Gasteiger partial charge in [0.25, 0.3) is 0 Å². The molecule has 1 aliphatic rings. The average Bonchev–Trinajstić information content (AvgIpc) is 3.41. The maximum absolute atomic E-state index is 13.1. The summed E-state index contributed by atoms with van der Waals surface area (Å²) in [5.41, 5.74) is 11.0. The summed E-state index contributed by atoms with van der Waals surface area (Å²) in [7, 11) is 0. The summed E-state index contributed by atoms with van der Waals surface area (Å²) >= 11 is 0. The van der Waals surface area contributed by atoms with Crippen LogP contribution in [0.2, 0.25) is 0 Å². The lowest BCUT2D eigenvalue weighted by Gasteiger charge is -2.28. The van der Waals surface area contributed by atoms with E-state index in [0.29, 0.717) is 18.5 Å². The number of hydrogen-bond donors (Lipinski definition) is 6. The molecule has 0 bridgehead atoms. The summed E-state index contributed by atoms with van der Waals surface area (Å²) in [5, 5.41) is 14.4. The number of primary amides is 1. The Bertz CT molecular complexity index is 812. The Morgan fingerprint density at radius 3 is 2.58 bits per heavy atom. The number of H-pyrrole nitrogens is 1. The third kappa shape index (κ3) is 6.77. The van der Waals surface area contributed by atoms with Gasteiger partial charge >= 0.3 is 5.97 Å². The highest BCUT2D eigenvalue weighted by Crippen LogP contribution is 2.19. The standard InChI is InChI=1S/C18H27N7O6/c19-7-15(27)23-11(3-4-14(20)26)16(28)24-12(6-10-8-21-9-22-10)17(29)25-5-1-2-13(25)18(30)31/h8-9,11-13H,1-7,19H2,(H2,20,26)(H,21,22)(H,23,27)(H,24,28)(H,30,31). The Kier molecular flexibility index (Phi) is 8.49. The number of nitrogens with two attached hydrogens (primary N) is 2. The van der Waals surface area contributed by atoms with Crippen molar-refractivity contribution in [3.05, 3.63) is 18.2 Å². The molecule has 13 heteroatoms. The normalized spacial score (nSPS) is 17.6. The second-order valence-electron chi connectivity index (χ2n) is 7.20. The van der Waals surface area contributed by atoms with Crippen LogP contribution in [0.5, 0.6) is 0 Å². The lowest BCUT2D eigenvalue weighted by molar-refractivity contribution is -0.149. The van der Waals surface area contributed by atoms with Crippen molar-refractivity contribution in [2.45, 2.75) is 50.2 Å². The average molecular weight is 437 g/mol. The number of amides is 4. The number of nitrogens with one attached hydrogen (secondary N) is 3. The van der Waals surface area contributed by atoms with Crippen molar-refractivity contribution < 1.29 is 29.1 Å². The predicted molar refractivity (Wildman–Crippen MR) is 106 cm³/mol. The minimum atomic E-state index is -1.14. The highest BCUT2D eigenvalue weighted by atomic mass is 16.4.